The molecule has 5 aromatic rings. The van der Waals surface area contributed by atoms with Gasteiger partial charge in [0, 0.05) is 16.3 Å². The summed E-state index contributed by atoms with van der Waals surface area (Å²) in [5.41, 5.74) is 9.96. The lowest BCUT2D eigenvalue weighted by atomic mass is 9.73. The average Bonchev–Trinajstić information content (AvgIpc) is 3.18. The van der Waals surface area contributed by atoms with Crippen LogP contribution in [0.5, 0.6) is 0 Å². The van der Waals surface area contributed by atoms with Crippen molar-refractivity contribution < 1.29 is 0 Å². The molecular weight excluding hydrogens is 388 g/mol. The summed E-state index contributed by atoms with van der Waals surface area (Å²) < 4.78 is 2.40. The van der Waals surface area contributed by atoms with Crippen molar-refractivity contribution in [1.82, 2.24) is 9.38 Å². The molecule has 0 saturated carbocycles. The normalized spacial score (nSPS) is 12.5. The van der Waals surface area contributed by atoms with E-state index in [2.05, 4.69) is 114 Å². The molecular formula is C30H32N2. The van der Waals surface area contributed by atoms with E-state index in [4.69, 9.17) is 4.98 Å². The molecule has 162 valence electrons. The van der Waals surface area contributed by atoms with Crippen LogP contribution in [0, 0.1) is 26.7 Å². The highest BCUT2D eigenvalue weighted by Crippen LogP contribution is 2.42. The van der Waals surface area contributed by atoms with E-state index >= 15 is 0 Å². The molecule has 0 radical (unpaired) electrons. The van der Waals surface area contributed by atoms with Crippen molar-refractivity contribution in [3.63, 3.8) is 0 Å². The SMILES string of the molecule is Cc1ccc2c(c1)c1cccc(C(C)(C)C(C)C)c1c1ncc(-c3c(C)cccc3C)n21. The summed E-state index contributed by atoms with van der Waals surface area (Å²) in [4.78, 5) is 5.07. The number of imidazole rings is 1. The highest BCUT2D eigenvalue weighted by atomic mass is 15.0. The van der Waals surface area contributed by atoms with E-state index in [0.717, 1.165) is 5.65 Å². The first kappa shape index (κ1) is 20.8. The molecule has 0 aliphatic heterocycles. The Labute approximate surface area is 190 Å². The Kier molecular flexibility index (Phi) is 4.67. The van der Waals surface area contributed by atoms with Gasteiger partial charge in [-0.3, -0.25) is 4.40 Å². The van der Waals surface area contributed by atoms with Crippen molar-refractivity contribution in [2.45, 2.75) is 53.9 Å². The van der Waals surface area contributed by atoms with Gasteiger partial charge in [-0.1, -0.05) is 75.7 Å². The summed E-state index contributed by atoms with van der Waals surface area (Å²) in [5.74, 6) is 0.509. The Morgan fingerprint density at radius 2 is 1.53 bits per heavy atom. The maximum atomic E-state index is 5.07. The molecule has 5 rings (SSSR count). The van der Waals surface area contributed by atoms with Gasteiger partial charge in [0.25, 0.3) is 0 Å². The van der Waals surface area contributed by atoms with Crippen molar-refractivity contribution >= 4 is 27.3 Å². The maximum absolute atomic E-state index is 5.07. The van der Waals surface area contributed by atoms with Gasteiger partial charge < -0.3 is 0 Å². The van der Waals surface area contributed by atoms with Crippen LogP contribution in [-0.4, -0.2) is 9.38 Å². The van der Waals surface area contributed by atoms with Crippen molar-refractivity contribution in [3.05, 3.63) is 83.0 Å². The van der Waals surface area contributed by atoms with Gasteiger partial charge in [0.1, 0.15) is 5.65 Å². The van der Waals surface area contributed by atoms with Crippen LogP contribution in [0.15, 0.2) is 60.8 Å². The van der Waals surface area contributed by atoms with Crippen molar-refractivity contribution in [2.24, 2.45) is 5.92 Å². The number of nitrogens with zero attached hydrogens (tertiary/aromatic N) is 2. The second-order valence-corrected chi connectivity index (χ2v) is 10.2. The fraction of sp³-hybridized carbons (Fsp3) is 0.300. The molecule has 2 heteroatoms. The van der Waals surface area contributed by atoms with Gasteiger partial charge in [-0.2, -0.15) is 0 Å². The monoisotopic (exact) mass is 420 g/mol. The lowest BCUT2D eigenvalue weighted by Gasteiger charge is -2.31. The van der Waals surface area contributed by atoms with E-state index < -0.39 is 0 Å². The third kappa shape index (κ3) is 2.89. The Morgan fingerprint density at radius 3 is 2.22 bits per heavy atom. The predicted octanol–water partition coefficient (Wildman–Crippen LogP) is 8.17. The van der Waals surface area contributed by atoms with Gasteiger partial charge >= 0.3 is 0 Å². The second-order valence-electron chi connectivity index (χ2n) is 10.2. The summed E-state index contributed by atoms with van der Waals surface area (Å²) in [6, 6.07) is 20.1. The number of fused-ring (bicyclic) bond motifs is 6. The Hall–Kier alpha value is -3.13. The van der Waals surface area contributed by atoms with E-state index in [0.29, 0.717) is 5.92 Å². The molecule has 3 aromatic carbocycles. The standard InChI is InChI=1S/C30H32N2/c1-18(2)30(6,7)24-13-9-12-22-23-16-19(3)14-15-25(23)32-26(17-31-29(32)28(22)24)27-20(4)10-8-11-21(27)5/h8-18H,1-7H3. The van der Waals surface area contributed by atoms with Gasteiger partial charge in [-0.05, 0) is 66.3 Å². The van der Waals surface area contributed by atoms with Crippen LogP contribution in [0.1, 0.15) is 49.9 Å². The van der Waals surface area contributed by atoms with Gasteiger partial charge in [0.15, 0.2) is 0 Å². The zero-order chi connectivity index (χ0) is 22.8. The summed E-state index contributed by atoms with van der Waals surface area (Å²) in [7, 11) is 0. The fourth-order valence-electron chi connectivity index (χ4n) is 5.09. The highest BCUT2D eigenvalue weighted by Gasteiger charge is 2.29. The number of pyridine rings is 1. The highest BCUT2D eigenvalue weighted by molar-refractivity contribution is 6.14. The first-order valence-corrected chi connectivity index (χ1v) is 11.6. The van der Waals surface area contributed by atoms with Gasteiger partial charge in [0.2, 0.25) is 0 Å². The maximum Gasteiger partial charge on any atom is 0.145 e. The zero-order valence-corrected chi connectivity index (χ0v) is 20.2. The number of hydrogen-bond donors (Lipinski definition) is 0. The van der Waals surface area contributed by atoms with Gasteiger partial charge in [-0.25, -0.2) is 4.98 Å². The van der Waals surface area contributed by atoms with E-state index in [1.807, 2.05) is 0 Å². The Balaban J connectivity index is 2.05. The second kappa shape index (κ2) is 7.20. The molecule has 0 unspecified atom stereocenters. The molecule has 0 N–H and O–H groups in total. The summed E-state index contributed by atoms with van der Waals surface area (Å²) in [6.45, 7) is 15.9. The number of hydrogen-bond acceptors (Lipinski definition) is 1. The minimum absolute atomic E-state index is 0.0300. The van der Waals surface area contributed by atoms with Crippen LogP contribution < -0.4 is 0 Å². The molecule has 0 saturated heterocycles. The summed E-state index contributed by atoms with van der Waals surface area (Å²) >= 11 is 0. The van der Waals surface area contributed by atoms with Crippen LogP contribution in [0.4, 0.5) is 0 Å². The molecule has 0 fully saturated rings. The number of benzene rings is 3. The van der Waals surface area contributed by atoms with Crippen LogP contribution in [0.3, 0.4) is 0 Å². The van der Waals surface area contributed by atoms with Gasteiger partial charge in [0.05, 0.1) is 17.4 Å². The van der Waals surface area contributed by atoms with Crippen LogP contribution >= 0.6 is 0 Å². The smallest absolute Gasteiger partial charge is 0.145 e. The van der Waals surface area contributed by atoms with E-state index in [-0.39, 0.29) is 5.41 Å². The number of aromatic nitrogens is 2. The first-order valence-electron chi connectivity index (χ1n) is 11.6. The third-order valence-electron chi connectivity index (χ3n) is 7.61. The Bertz CT molecular complexity index is 1480. The summed E-state index contributed by atoms with van der Waals surface area (Å²) in [5, 5.41) is 3.86. The molecule has 0 spiro atoms. The fourth-order valence-corrected chi connectivity index (χ4v) is 5.09. The van der Waals surface area contributed by atoms with Crippen LogP contribution in [0.2, 0.25) is 0 Å². The molecule has 0 amide bonds. The van der Waals surface area contributed by atoms with E-state index in [1.165, 1.54) is 55.2 Å². The van der Waals surface area contributed by atoms with Crippen molar-refractivity contribution in [2.75, 3.05) is 0 Å². The van der Waals surface area contributed by atoms with Crippen molar-refractivity contribution in [3.8, 4) is 11.3 Å². The van der Waals surface area contributed by atoms with Crippen LogP contribution in [-0.2, 0) is 5.41 Å². The van der Waals surface area contributed by atoms with Crippen LogP contribution in [0.25, 0.3) is 38.6 Å². The largest absolute Gasteiger partial charge is 0.292 e. The Morgan fingerprint density at radius 1 is 0.844 bits per heavy atom. The molecule has 32 heavy (non-hydrogen) atoms. The topological polar surface area (TPSA) is 17.3 Å². The molecule has 0 aliphatic carbocycles. The molecule has 0 bridgehead atoms. The molecule has 0 aliphatic rings. The third-order valence-corrected chi connectivity index (χ3v) is 7.61. The minimum atomic E-state index is 0.0300. The lowest BCUT2D eigenvalue weighted by molar-refractivity contribution is 0.375. The molecule has 2 heterocycles. The molecule has 2 nitrogen and oxygen atoms in total. The van der Waals surface area contributed by atoms with Gasteiger partial charge in [-0.15, -0.1) is 0 Å². The van der Waals surface area contributed by atoms with Crippen molar-refractivity contribution in [1.29, 1.82) is 0 Å². The van der Waals surface area contributed by atoms with E-state index in [1.54, 1.807) is 0 Å². The number of rotatable bonds is 3. The van der Waals surface area contributed by atoms with E-state index in [9.17, 15) is 0 Å². The predicted molar refractivity (Wildman–Crippen MR) is 138 cm³/mol. The minimum Gasteiger partial charge on any atom is -0.292 e. The zero-order valence-electron chi connectivity index (χ0n) is 20.2. The number of aryl methyl sites for hydroxylation is 3. The quantitative estimate of drug-likeness (QED) is 0.269. The first-order chi connectivity index (χ1) is 15.2. The lowest BCUT2D eigenvalue weighted by Crippen LogP contribution is -2.24. The summed E-state index contributed by atoms with van der Waals surface area (Å²) in [6.07, 6.45) is 2.07. The molecule has 0 atom stereocenters. The molecule has 2 aromatic heterocycles. The average molecular weight is 421 g/mol.